The predicted octanol–water partition coefficient (Wildman–Crippen LogP) is 1.04. The zero-order chi connectivity index (χ0) is 9.27. The van der Waals surface area contributed by atoms with Crippen LogP contribution in [0.4, 0.5) is 0 Å². The Labute approximate surface area is 75.8 Å². The van der Waals surface area contributed by atoms with Gasteiger partial charge in [-0.3, -0.25) is 9.59 Å². The number of hydrogen-bond acceptors (Lipinski definition) is 3. The molecule has 0 aromatic carbocycles. The molecule has 2 aliphatic carbocycles. The molecule has 3 heteroatoms. The minimum absolute atomic E-state index is 0.329. The van der Waals surface area contributed by atoms with Crippen molar-refractivity contribution >= 4 is 11.9 Å². The van der Waals surface area contributed by atoms with Crippen molar-refractivity contribution in [1.29, 1.82) is 0 Å². The number of carbonyl (C=O) groups excluding carboxylic acids is 2. The molecule has 3 aliphatic rings. The third kappa shape index (κ3) is 0.539. The quantitative estimate of drug-likeness (QED) is 0.316. The van der Waals surface area contributed by atoms with Crippen LogP contribution >= 0.6 is 0 Å². The maximum absolute atomic E-state index is 11.6. The number of carbonyl (C=O) groups is 2. The van der Waals surface area contributed by atoms with Crippen molar-refractivity contribution in [2.45, 2.75) is 19.8 Å². The van der Waals surface area contributed by atoms with E-state index in [2.05, 4.69) is 0 Å². The van der Waals surface area contributed by atoms with Crippen molar-refractivity contribution in [3.05, 3.63) is 12.2 Å². The lowest BCUT2D eigenvalue weighted by atomic mass is 9.68. The molecule has 3 atom stereocenters. The number of rotatable bonds is 0. The third-order valence-corrected chi connectivity index (χ3v) is 3.89. The molecule has 0 radical (unpaired) electrons. The zero-order valence-electron chi connectivity index (χ0n) is 7.37. The summed E-state index contributed by atoms with van der Waals surface area (Å²) in [6.07, 6.45) is 5.47. The molecular weight excluding hydrogens is 168 g/mol. The first-order valence-electron chi connectivity index (χ1n) is 4.55. The van der Waals surface area contributed by atoms with Gasteiger partial charge < -0.3 is 4.74 Å². The molecule has 0 N–H and O–H groups in total. The fourth-order valence-corrected chi connectivity index (χ4v) is 3.04. The van der Waals surface area contributed by atoms with Gasteiger partial charge in [-0.15, -0.1) is 0 Å². The molecule has 1 aliphatic heterocycles. The largest absolute Gasteiger partial charge is 0.392 e. The van der Waals surface area contributed by atoms with Crippen LogP contribution in [0, 0.1) is 16.7 Å². The summed E-state index contributed by atoms with van der Waals surface area (Å²) < 4.78 is 4.72. The normalized spacial score (nSPS) is 51.3. The van der Waals surface area contributed by atoms with Gasteiger partial charge in [-0.25, -0.2) is 0 Å². The molecule has 3 nitrogen and oxygen atoms in total. The summed E-state index contributed by atoms with van der Waals surface area (Å²) in [5.74, 6) is -0.262. The number of hydrogen-bond donors (Lipinski definition) is 0. The Balaban J connectivity index is 2.25. The van der Waals surface area contributed by atoms with Gasteiger partial charge >= 0.3 is 11.9 Å². The second kappa shape index (κ2) is 1.72. The molecule has 3 rings (SSSR count). The van der Waals surface area contributed by atoms with E-state index in [9.17, 15) is 9.59 Å². The van der Waals surface area contributed by atoms with Crippen molar-refractivity contribution in [2.75, 3.05) is 0 Å². The second-order valence-corrected chi connectivity index (χ2v) is 4.51. The van der Waals surface area contributed by atoms with Gasteiger partial charge in [-0.05, 0) is 25.7 Å². The summed E-state index contributed by atoms with van der Waals surface area (Å²) >= 11 is 0. The first-order valence-corrected chi connectivity index (χ1v) is 4.55. The van der Waals surface area contributed by atoms with E-state index < -0.39 is 10.8 Å². The summed E-state index contributed by atoms with van der Waals surface area (Å²) in [7, 11) is 0. The number of cyclic esters (lactones) is 2. The molecule has 68 valence electrons. The van der Waals surface area contributed by atoms with Gasteiger partial charge in [0.05, 0.1) is 5.41 Å². The number of ether oxygens (including phenoxy) is 1. The monoisotopic (exact) mass is 178 g/mol. The van der Waals surface area contributed by atoms with Crippen molar-refractivity contribution in [1.82, 2.24) is 0 Å². The smallest absolute Gasteiger partial charge is 0.324 e. The van der Waals surface area contributed by atoms with Gasteiger partial charge in [0.15, 0.2) is 0 Å². The number of esters is 2. The molecule has 1 saturated carbocycles. The standard InChI is InChI=1S/C10H10O3/c1-9-4-6-2-3-10(9,5-6)8(12)13-7(9)11/h2-3,6H,4-5H2,1H3. The van der Waals surface area contributed by atoms with Gasteiger partial charge in [0.2, 0.25) is 0 Å². The summed E-state index contributed by atoms with van der Waals surface area (Å²) in [5, 5.41) is 0. The van der Waals surface area contributed by atoms with Crippen LogP contribution in [0.2, 0.25) is 0 Å². The maximum Gasteiger partial charge on any atom is 0.324 e. The summed E-state index contributed by atoms with van der Waals surface area (Å²) in [6.45, 7) is 1.85. The zero-order valence-corrected chi connectivity index (χ0v) is 7.37. The molecule has 13 heavy (non-hydrogen) atoms. The van der Waals surface area contributed by atoms with Crippen molar-refractivity contribution in [3.63, 3.8) is 0 Å². The lowest BCUT2D eigenvalue weighted by molar-refractivity contribution is -0.156. The molecule has 0 aromatic rings. The number of allylic oxidation sites excluding steroid dienone is 1. The Morgan fingerprint density at radius 2 is 2.15 bits per heavy atom. The molecule has 3 unspecified atom stereocenters. The lowest BCUT2D eigenvalue weighted by Crippen LogP contribution is -2.36. The fourth-order valence-electron chi connectivity index (χ4n) is 3.04. The molecule has 2 fully saturated rings. The Bertz CT molecular complexity index is 357. The summed E-state index contributed by atoms with van der Waals surface area (Å²) in [4.78, 5) is 23.1. The van der Waals surface area contributed by atoms with Gasteiger partial charge in [0.1, 0.15) is 5.41 Å². The minimum Gasteiger partial charge on any atom is -0.392 e. The minimum atomic E-state index is -0.602. The van der Waals surface area contributed by atoms with Crippen molar-refractivity contribution < 1.29 is 14.3 Å². The van der Waals surface area contributed by atoms with Crippen LogP contribution in [0.1, 0.15) is 19.8 Å². The average Bonchev–Trinajstić information content (AvgIpc) is 2.64. The maximum atomic E-state index is 11.6. The van der Waals surface area contributed by atoms with Crippen LogP contribution in [0.15, 0.2) is 12.2 Å². The van der Waals surface area contributed by atoms with E-state index in [1.807, 2.05) is 19.1 Å². The third-order valence-electron chi connectivity index (χ3n) is 3.89. The average molecular weight is 178 g/mol. The summed E-state index contributed by atoms with van der Waals surface area (Å²) in [6, 6.07) is 0. The Kier molecular flexibility index (Phi) is 0.963. The van der Waals surface area contributed by atoms with E-state index in [-0.39, 0.29) is 11.9 Å². The van der Waals surface area contributed by atoms with E-state index in [4.69, 9.17) is 4.74 Å². The van der Waals surface area contributed by atoms with Gasteiger partial charge in [-0.1, -0.05) is 12.2 Å². The highest BCUT2D eigenvalue weighted by molar-refractivity contribution is 6.04. The van der Waals surface area contributed by atoms with Gasteiger partial charge in [-0.2, -0.15) is 0 Å². The topological polar surface area (TPSA) is 43.4 Å². The molecule has 0 aromatic heterocycles. The van der Waals surface area contributed by atoms with Crippen LogP contribution < -0.4 is 0 Å². The molecule has 1 saturated heterocycles. The predicted molar refractivity (Wildman–Crippen MR) is 43.5 cm³/mol. The molecule has 1 heterocycles. The Morgan fingerprint density at radius 1 is 1.38 bits per heavy atom. The van der Waals surface area contributed by atoms with E-state index in [0.29, 0.717) is 5.92 Å². The first kappa shape index (κ1) is 7.30. The molecular formula is C10H10O3. The highest BCUT2D eigenvalue weighted by Gasteiger charge is 2.70. The SMILES string of the molecule is CC12CC3C=CC1(C3)C(=O)OC2=O. The van der Waals surface area contributed by atoms with Crippen LogP contribution in [0.25, 0.3) is 0 Å². The van der Waals surface area contributed by atoms with E-state index in [1.165, 1.54) is 0 Å². The highest BCUT2D eigenvalue weighted by atomic mass is 16.6. The van der Waals surface area contributed by atoms with Gasteiger partial charge in [0, 0.05) is 0 Å². The lowest BCUT2D eigenvalue weighted by Gasteiger charge is -2.27. The van der Waals surface area contributed by atoms with Gasteiger partial charge in [0.25, 0.3) is 0 Å². The van der Waals surface area contributed by atoms with Crippen LogP contribution in [0.5, 0.6) is 0 Å². The van der Waals surface area contributed by atoms with E-state index >= 15 is 0 Å². The van der Waals surface area contributed by atoms with Crippen LogP contribution in [-0.4, -0.2) is 11.9 Å². The van der Waals surface area contributed by atoms with E-state index in [0.717, 1.165) is 12.8 Å². The fraction of sp³-hybridized carbons (Fsp3) is 0.600. The summed E-state index contributed by atoms with van der Waals surface area (Å²) in [5.41, 5.74) is -1.17. The van der Waals surface area contributed by atoms with Crippen LogP contribution in [-0.2, 0) is 14.3 Å². The first-order chi connectivity index (χ1) is 6.08. The van der Waals surface area contributed by atoms with Crippen LogP contribution in [0.3, 0.4) is 0 Å². The Hall–Kier alpha value is -1.12. The van der Waals surface area contributed by atoms with E-state index in [1.54, 1.807) is 0 Å². The second-order valence-electron chi connectivity index (χ2n) is 4.51. The molecule has 0 amide bonds. The van der Waals surface area contributed by atoms with Crippen molar-refractivity contribution in [2.24, 2.45) is 16.7 Å². The number of fused-ring (bicyclic) bond motifs is 1. The highest BCUT2D eigenvalue weighted by Crippen LogP contribution is 2.64. The molecule has 1 spiro atoms. The van der Waals surface area contributed by atoms with Crippen molar-refractivity contribution in [3.8, 4) is 0 Å². The molecule has 2 bridgehead atoms. The Morgan fingerprint density at radius 3 is 2.77 bits per heavy atom.